The first-order valence-corrected chi connectivity index (χ1v) is 11.2. The minimum absolute atomic E-state index is 0.295. The number of nitrogens with zero attached hydrogens (tertiary/aromatic N) is 3. The second-order valence-electron chi connectivity index (χ2n) is 8.35. The minimum atomic E-state index is -0.406. The van der Waals surface area contributed by atoms with Crippen molar-refractivity contribution in [2.45, 2.75) is 26.0 Å². The van der Waals surface area contributed by atoms with Gasteiger partial charge in [-0.25, -0.2) is 4.79 Å². The van der Waals surface area contributed by atoms with Crippen molar-refractivity contribution < 1.29 is 9.47 Å². The number of hydrogen-bond acceptors (Lipinski definition) is 4. The average Bonchev–Trinajstić information content (AvgIpc) is 3.21. The first kappa shape index (κ1) is 21.3. The lowest BCUT2D eigenvalue weighted by Crippen LogP contribution is -2.37. The molecule has 170 valence electrons. The summed E-state index contributed by atoms with van der Waals surface area (Å²) in [6.45, 7) is 3.83. The molecule has 0 radical (unpaired) electrons. The average molecular weight is 446 g/mol. The Bertz CT molecular complexity index is 1430. The molecule has 2 aromatic heterocycles. The number of aromatic nitrogens is 3. The summed E-state index contributed by atoms with van der Waals surface area (Å²) in [5, 5.41) is 0.541. The zero-order chi connectivity index (χ0) is 23.1. The predicted molar refractivity (Wildman–Crippen MR) is 128 cm³/mol. The molecule has 1 aliphatic rings. The van der Waals surface area contributed by atoms with Gasteiger partial charge in [0.25, 0.3) is 5.56 Å². The molecule has 0 amide bonds. The molecule has 5 rings (SSSR count). The molecule has 7 nitrogen and oxygen atoms in total. The topological polar surface area (TPSA) is 67.4 Å². The van der Waals surface area contributed by atoms with Crippen LogP contribution in [0.4, 0.5) is 0 Å². The number of aryl methyl sites for hydroxylation is 1. The van der Waals surface area contributed by atoms with Crippen LogP contribution in [0.25, 0.3) is 22.2 Å². The Hall–Kier alpha value is -3.58. The second-order valence-corrected chi connectivity index (χ2v) is 8.35. The van der Waals surface area contributed by atoms with Gasteiger partial charge in [-0.05, 0) is 29.7 Å². The normalized spacial score (nSPS) is 15.5. The highest BCUT2D eigenvalue weighted by Gasteiger charge is 2.33. The largest absolute Gasteiger partial charge is 0.494 e. The standard InChI is InChI=1S/C26H27N3O4/c1-4-15-32-19-12-10-18(11-13-19)24-23-22-20(25(30)28(3)26(31)27(22)2)21(29(23)14-16-33-24)17-8-6-5-7-9-17/h5-13,24H,4,14-16H2,1-3H3. The molecule has 0 N–H and O–H groups in total. The lowest BCUT2D eigenvalue weighted by Gasteiger charge is -2.28. The van der Waals surface area contributed by atoms with Crippen LogP contribution in [0.1, 0.15) is 30.7 Å². The van der Waals surface area contributed by atoms with Crippen molar-refractivity contribution >= 4 is 10.9 Å². The van der Waals surface area contributed by atoms with Crippen LogP contribution in [0.3, 0.4) is 0 Å². The molecular formula is C26H27N3O4. The monoisotopic (exact) mass is 445 g/mol. The Kier molecular flexibility index (Phi) is 5.42. The van der Waals surface area contributed by atoms with E-state index in [1.165, 1.54) is 11.6 Å². The van der Waals surface area contributed by atoms with Gasteiger partial charge >= 0.3 is 5.69 Å². The van der Waals surface area contributed by atoms with Crippen LogP contribution in [0.5, 0.6) is 5.75 Å². The highest BCUT2D eigenvalue weighted by Crippen LogP contribution is 2.40. The minimum Gasteiger partial charge on any atom is -0.494 e. The molecule has 4 aromatic rings. The van der Waals surface area contributed by atoms with E-state index in [4.69, 9.17) is 9.47 Å². The third-order valence-corrected chi connectivity index (χ3v) is 6.26. The van der Waals surface area contributed by atoms with E-state index in [0.29, 0.717) is 30.7 Å². The Morgan fingerprint density at radius 3 is 2.42 bits per heavy atom. The first-order valence-electron chi connectivity index (χ1n) is 11.2. The van der Waals surface area contributed by atoms with Crippen molar-refractivity contribution in [3.8, 4) is 17.0 Å². The Morgan fingerprint density at radius 1 is 1.00 bits per heavy atom. The van der Waals surface area contributed by atoms with E-state index in [1.54, 1.807) is 11.6 Å². The van der Waals surface area contributed by atoms with Crippen LogP contribution in [0, 0.1) is 0 Å². The van der Waals surface area contributed by atoms with Crippen LogP contribution < -0.4 is 16.0 Å². The zero-order valence-electron chi connectivity index (χ0n) is 19.1. The molecule has 33 heavy (non-hydrogen) atoms. The molecule has 1 atom stereocenters. The smallest absolute Gasteiger partial charge is 0.331 e. The summed E-state index contributed by atoms with van der Waals surface area (Å²) in [5.74, 6) is 0.808. The lowest BCUT2D eigenvalue weighted by molar-refractivity contribution is 0.0478. The van der Waals surface area contributed by atoms with Crippen molar-refractivity contribution in [3.63, 3.8) is 0 Å². The number of hydrogen-bond donors (Lipinski definition) is 0. The summed E-state index contributed by atoms with van der Waals surface area (Å²) in [5.41, 5.74) is 3.52. The molecule has 0 saturated heterocycles. The number of fused-ring (bicyclic) bond motifs is 3. The van der Waals surface area contributed by atoms with E-state index in [9.17, 15) is 9.59 Å². The van der Waals surface area contributed by atoms with Crippen LogP contribution in [0.15, 0.2) is 64.2 Å². The fraction of sp³-hybridized carbons (Fsp3) is 0.308. The van der Waals surface area contributed by atoms with Crippen LogP contribution in [0.2, 0.25) is 0 Å². The maximum atomic E-state index is 13.4. The molecule has 0 aliphatic carbocycles. The maximum Gasteiger partial charge on any atom is 0.331 e. The molecule has 0 fully saturated rings. The summed E-state index contributed by atoms with van der Waals surface area (Å²) in [6, 6.07) is 17.7. The van der Waals surface area contributed by atoms with E-state index >= 15 is 0 Å². The predicted octanol–water partition coefficient (Wildman–Crippen LogP) is 3.61. The molecule has 0 spiro atoms. The summed E-state index contributed by atoms with van der Waals surface area (Å²) in [7, 11) is 3.24. The van der Waals surface area contributed by atoms with E-state index in [0.717, 1.165) is 34.7 Å². The molecule has 0 bridgehead atoms. The van der Waals surface area contributed by atoms with Gasteiger partial charge in [-0.1, -0.05) is 49.4 Å². The van der Waals surface area contributed by atoms with Gasteiger partial charge in [0.2, 0.25) is 0 Å². The van der Waals surface area contributed by atoms with Gasteiger partial charge in [0.05, 0.1) is 35.5 Å². The van der Waals surface area contributed by atoms with E-state index in [1.807, 2.05) is 54.6 Å². The summed E-state index contributed by atoms with van der Waals surface area (Å²) >= 11 is 0. The van der Waals surface area contributed by atoms with E-state index in [-0.39, 0.29) is 11.2 Å². The third-order valence-electron chi connectivity index (χ3n) is 6.26. The van der Waals surface area contributed by atoms with Gasteiger partial charge in [-0.3, -0.25) is 13.9 Å². The quantitative estimate of drug-likeness (QED) is 0.471. The molecule has 0 saturated carbocycles. The van der Waals surface area contributed by atoms with Crippen molar-refractivity contribution in [2.75, 3.05) is 13.2 Å². The fourth-order valence-corrected chi connectivity index (χ4v) is 4.69. The first-order chi connectivity index (χ1) is 16.0. The number of benzene rings is 2. The Labute approximate surface area is 191 Å². The van der Waals surface area contributed by atoms with Gasteiger partial charge in [-0.2, -0.15) is 0 Å². The summed E-state index contributed by atoms with van der Waals surface area (Å²) in [4.78, 5) is 26.3. The maximum absolute atomic E-state index is 13.4. The second kappa shape index (κ2) is 8.41. The van der Waals surface area contributed by atoms with E-state index < -0.39 is 6.10 Å². The van der Waals surface area contributed by atoms with Gasteiger partial charge in [0.1, 0.15) is 11.9 Å². The fourth-order valence-electron chi connectivity index (χ4n) is 4.69. The molecule has 2 aromatic carbocycles. The van der Waals surface area contributed by atoms with Crippen molar-refractivity contribution in [2.24, 2.45) is 14.1 Å². The van der Waals surface area contributed by atoms with Crippen LogP contribution >= 0.6 is 0 Å². The highest BCUT2D eigenvalue weighted by atomic mass is 16.5. The highest BCUT2D eigenvalue weighted by molar-refractivity contribution is 5.96. The molecule has 3 heterocycles. The molecule has 1 aliphatic heterocycles. The molecule has 1 unspecified atom stereocenters. The van der Waals surface area contributed by atoms with Crippen molar-refractivity contribution in [3.05, 3.63) is 86.7 Å². The molecule has 7 heteroatoms. The van der Waals surface area contributed by atoms with Crippen molar-refractivity contribution in [1.82, 2.24) is 13.7 Å². The Balaban J connectivity index is 1.79. The summed E-state index contributed by atoms with van der Waals surface area (Å²) < 4.78 is 16.9. The number of ether oxygens (including phenoxy) is 2. The van der Waals surface area contributed by atoms with Gasteiger partial charge < -0.3 is 14.0 Å². The van der Waals surface area contributed by atoms with Crippen LogP contribution in [-0.2, 0) is 25.4 Å². The van der Waals surface area contributed by atoms with Crippen LogP contribution in [-0.4, -0.2) is 26.9 Å². The van der Waals surface area contributed by atoms with E-state index in [2.05, 4.69) is 11.5 Å². The van der Waals surface area contributed by atoms with Gasteiger partial charge in [0, 0.05) is 20.6 Å². The lowest BCUT2D eigenvalue weighted by atomic mass is 10.0. The van der Waals surface area contributed by atoms with Gasteiger partial charge in [-0.15, -0.1) is 0 Å². The Morgan fingerprint density at radius 2 is 1.73 bits per heavy atom. The third kappa shape index (κ3) is 3.40. The van der Waals surface area contributed by atoms with Crippen molar-refractivity contribution in [1.29, 1.82) is 0 Å². The SMILES string of the molecule is CCCOc1ccc(C2OCCn3c(-c4ccccc4)c4c(=O)n(C)c(=O)n(C)c4c32)cc1. The zero-order valence-corrected chi connectivity index (χ0v) is 19.1. The summed E-state index contributed by atoms with van der Waals surface area (Å²) in [6.07, 6.45) is 0.537. The number of rotatable bonds is 5. The molecular weight excluding hydrogens is 418 g/mol. The van der Waals surface area contributed by atoms with Gasteiger partial charge in [0.15, 0.2) is 0 Å².